The standard InChI is InChI=1S/C17H26BrFN4O2S.HI/c1-2-20-17(22-9-11-23-10-4-12-26(23,24)25)21-8-3-5-14-6-7-15(18)13-16(14)19;/h6-7,13H,2-5,8-12H2,1H3,(H2,20,21,22);1H. The Morgan fingerprint density at radius 3 is 2.78 bits per heavy atom. The van der Waals surface area contributed by atoms with Gasteiger partial charge in [-0.3, -0.25) is 4.99 Å². The molecule has 1 aromatic rings. The second-order valence-electron chi connectivity index (χ2n) is 6.10. The van der Waals surface area contributed by atoms with Crippen LogP contribution in [0.4, 0.5) is 4.39 Å². The van der Waals surface area contributed by atoms with Gasteiger partial charge in [-0.15, -0.1) is 24.0 Å². The van der Waals surface area contributed by atoms with Gasteiger partial charge in [0.05, 0.1) is 5.75 Å². The van der Waals surface area contributed by atoms with E-state index < -0.39 is 10.0 Å². The van der Waals surface area contributed by atoms with Gasteiger partial charge >= 0.3 is 0 Å². The van der Waals surface area contributed by atoms with Crippen LogP contribution in [0.25, 0.3) is 0 Å². The van der Waals surface area contributed by atoms with Crippen LogP contribution in [0.15, 0.2) is 27.7 Å². The number of guanidine groups is 1. The summed E-state index contributed by atoms with van der Waals surface area (Å²) in [5, 5.41) is 6.29. The van der Waals surface area contributed by atoms with Crippen LogP contribution in [0.1, 0.15) is 25.3 Å². The Kier molecular flexibility index (Phi) is 11.1. The minimum Gasteiger partial charge on any atom is -0.357 e. The van der Waals surface area contributed by atoms with Gasteiger partial charge in [-0.2, -0.15) is 0 Å². The molecule has 0 radical (unpaired) electrons. The summed E-state index contributed by atoms with van der Waals surface area (Å²) in [5.74, 6) is 0.689. The van der Waals surface area contributed by atoms with Crippen molar-refractivity contribution in [2.75, 3.05) is 38.5 Å². The summed E-state index contributed by atoms with van der Waals surface area (Å²) in [6.07, 6.45) is 2.05. The lowest BCUT2D eigenvalue weighted by molar-refractivity contribution is 0.445. The van der Waals surface area contributed by atoms with Crippen molar-refractivity contribution >= 4 is 55.9 Å². The summed E-state index contributed by atoms with van der Waals surface area (Å²) in [7, 11) is -3.06. The van der Waals surface area contributed by atoms with Gasteiger partial charge in [-0.1, -0.05) is 22.0 Å². The molecule has 154 valence electrons. The first-order valence-corrected chi connectivity index (χ1v) is 11.3. The topological polar surface area (TPSA) is 73.8 Å². The Hall–Kier alpha value is -0.460. The highest BCUT2D eigenvalue weighted by Gasteiger charge is 2.27. The van der Waals surface area contributed by atoms with Crippen LogP contribution in [0.2, 0.25) is 0 Å². The number of sulfonamides is 1. The molecule has 1 aliphatic heterocycles. The van der Waals surface area contributed by atoms with Crippen LogP contribution in [-0.4, -0.2) is 57.2 Å². The highest BCUT2D eigenvalue weighted by Crippen LogP contribution is 2.16. The number of nitrogens with zero attached hydrogens (tertiary/aromatic N) is 2. The number of aryl methyl sites for hydroxylation is 1. The predicted molar refractivity (Wildman–Crippen MR) is 122 cm³/mol. The van der Waals surface area contributed by atoms with Crippen molar-refractivity contribution in [3.05, 3.63) is 34.1 Å². The van der Waals surface area contributed by atoms with Gasteiger partial charge in [0.15, 0.2) is 5.96 Å². The van der Waals surface area contributed by atoms with Crippen LogP contribution in [0, 0.1) is 5.82 Å². The summed E-state index contributed by atoms with van der Waals surface area (Å²) in [6.45, 7) is 4.79. The van der Waals surface area contributed by atoms with E-state index in [1.807, 2.05) is 13.0 Å². The Morgan fingerprint density at radius 1 is 1.37 bits per heavy atom. The number of benzene rings is 1. The molecular formula is C17H27BrFIN4O2S. The molecule has 0 aromatic heterocycles. The maximum absolute atomic E-state index is 13.8. The summed E-state index contributed by atoms with van der Waals surface area (Å²) < 4.78 is 39.6. The van der Waals surface area contributed by atoms with E-state index in [4.69, 9.17) is 0 Å². The molecule has 0 atom stereocenters. The first-order chi connectivity index (χ1) is 12.4. The van der Waals surface area contributed by atoms with Crippen molar-refractivity contribution in [1.82, 2.24) is 14.9 Å². The highest BCUT2D eigenvalue weighted by molar-refractivity contribution is 14.0. The maximum Gasteiger partial charge on any atom is 0.214 e. The van der Waals surface area contributed by atoms with Crippen LogP contribution in [-0.2, 0) is 16.4 Å². The zero-order valence-electron chi connectivity index (χ0n) is 15.4. The zero-order valence-corrected chi connectivity index (χ0v) is 20.1. The van der Waals surface area contributed by atoms with Crippen molar-refractivity contribution in [2.24, 2.45) is 4.99 Å². The molecule has 27 heavy (non-hydrogen) atoms. The Labute approximate surface area is 186 Å². The molecule has 0 amide bonds. The average Bonchev–Trinajstić information content (AvgIpc) is 2.91. The summed E-state index contributed by atoms with van der Waals surface area (Å²) in [4.78, 5) is 4.47. The summed E-state index contributed by atoms with van der Waals surface area (Å²) in [5.41, 5.74) is 0.681. The molecule has 10 heteroatoms. The second-order valence-corrected chi connectivity index (χ2v) is 9.10. The molecule has 0 spiro atoms. The van der Waals surface area contributed by atoms with Crippen molar-refractivity contribution in [3.8, 4) is 0 Å². The molecule has 2 rings (SSSR count). The van der Waals surface area contributed by atoms with E-state index in [2.05, 4.69) is 31.6 Å². The SMILES string of the molecule is CCNC(=NCCCc1ccc(Br)cc1F)NCCN1CCCS1(=O)=O.I. The average molecular weight is 577 g/mol. The van der Waals surface area contributed by atoms with Crippen LogP contribution < -0.4 is 10.6 Å². The molecule has 0 aliphatic carbocycles. The fourth-order valence-electron chi connectivity index (χ4n) is 2.77. The lowest BCUT2D eigenvalue weighted by Crippen LogP contribution is -2.42. The van der Waals surface area contributed by atoms with E-state index in [1.165, 1.54) is 10.4 Å². The zero-order chi connectivity index (χ0) is 19.0. The molecule has 1 saturated heterocycles. The van der Waals surface area contributed by atoms with Crippen molar-refractivity contribution < 1.29 is 12.8 Å². The molecule has 1 aromatic carbocycles. The summed E-state index contributed by atoms with van der Waals surface area (Å²) >= 11 is 3.25. The lowest BCUT2D eigenvalue weighted by Gasteiger charge is -2.16. The van der Waals surface area contributed by atoms with E-state index in [9.17, 15) is 12.8 Å². The molecule has 1 fully saturated rings. The van der Waals surface area contributed by atoms with Gasteiger partial charge in [-0.05, 0) is 43.9 Å². The highest BCUT2D eigenvalue weighted by atomic mass is 127. The predicted octanol–water partition coefficient (Wildman–Crippen LogP) is 2.73. The van der Waals surface area contributed by atoms with Gasteiger partial charge < -0.3 is 10.6 Å². The Bertz CT molecular complexity index is 734. The molecule has 2 N–H and O–H groups in total. The lowest BCUT2D eigenvalue weighted by atomic mass is 10.1. The molecule has 0 saturated carbocycles. The number of hydrogen-bond acceptors (Lipinski definition) is 3. The van der Waals surface area contributed by atoms with Gasteiger partial charge in [0.1, 0.15) is 5.82 Å². The van der Waals surface area contributed by atoms with Crippen LogP contribution >= 0.6 is 39.9 Å². The smallest absolute Gasteiger partial charge is 0.214 e. The van der Waals surface area contributed by atoms with E-state index in [0.29, 0.717) is 50.5 Å². The first kappa shape index (κ1) is 24.6. The Balaban J connectivity index is 0.00000364. The van der Waals surface area contributed by atoms with Gasteiger partial charge in [-0.25, -0.2) is 17.1 Å². The van der Waals surface area contributed by atoms with E-state index in [-0.39, 0.29) is 35.5 Å². The number of halogens is 3. The minimum atomic E-state index is -3.06. The first-order valence-electron chi connectivity index (χ1n) is 8.86. The fraction of sp³-hybridized carbons (Fsp3) is 0.588. The minimum absolute atomic E-state index is 0. The third kappa shape index (κ3) is 8.20. The number of rotatable bonds is 8. The quantitative estimate of drug-likeness (QED) is 0.216. The van der Waals surface area contributed by atoms with Crippen LogP contribution in [0.5, 0.6) is 0 Å². The normalized spacial score (nSPS) is 16.8. The van der Waals surface area contributed by atoms with Crippen molar-refractivity contribution in [2.45, 2.75) is 26.2 Å². The third-order valence-electron chi connectivity index (χ3n) is 4.09. The van der Waals surface area contributed by atoms with Gasteiger partial charge in [0.25, 0.3) is 0 Å². The molecule has 0 unspecified atom stereocenters. The molecule has 1 heterocycles. The molecule has 0 bridgehead atoms. The maximum atomic E-state index is 13.8. The Morgan fingerprint density at radius 2 is 2.15 bits per heavy atom. The molecular weight excluding hydrogens is 550 g/mol. The van der Waals surface area contributed by atoms with Crippen molar-refractivity contribution in [3.63, 3.8) is 0 Å². The number of nitrogens with one attached hydrogen (secondary N) is 2. The van der Waals surface area contributed by atoms with E-state index in [1.54, 1.807) is 6.07 Å². The summed E-state index contributed by atoms with van der Waals surface area (Å²) in [6, 6.07) is 5.08. The second kappa shape index (κ2) is 12.2. The van der Waals surface area contributed by atoms with Crippen molar-refractivity contribution in [1.29, 1.82) is 0 Å². The van der Waals surface area contributed by atoms with E-state index in [0.717, 1.165) is 17.4 Å². The van der Waals surface area contributed by atoms with Gasteiger partial charge in [0.2, 0.25) is 10.0 Å². The van der Waals surface area contributed by atoms with E-state index >= 15 is 0 Å². The monoisotopic (exact) mass is 576 g/mol. The number of hydrogen-bond donors (Lipinski definition) is 2. The largest absolute Gasteiger partial charge is 0.357 e. The van der Waals surface area contributed by atoms with Gasteiger partial charge in [0, 0.05) is 37.2 Å². The molecule has 6 nitrogen and oxygen atoms in total. The number of aliphatic imine (C=N–C) groups is 1. The van der Waals surface area contributed by atoms with Crippen LogP contribution in [0.3, 0.4) is 0 Å². The molecule has 1 aliphatic rings. The third-order valence-corrected chi connectivity index (χ3v) is 6.54. The fourth-order valence-corrected chi connectivity index (χ4v) is 4.63.